The number of nitrogens with one attached hydrogen (secondary N) is 1. The van der Waals surface area contributed by atoms with Crippen LogP contribution in [0, 0.1) is 0 Å². The van der Waals surface area contributed by atoms with Gasteiger partial charge in [-0.25, -0.2) is 4.79 Å². The molecule has 2 aromatic rings. The average Bonchev–Trinajstić information content (AvgIpc) is 2.60. The van der Waals surface area contributed by atoms with Gasteiger partial charge >= 0.3 is 5.97 Å². The van der Waals surface area contributed by atoms with E-state index in [1.165, 1.54) is 0 Å². The summed E-state index contributed by atoms with van der Waals surface area (Å²) in [6, 6.07) is 15.2. The third kappa shape index (κ3) is 5.12. The Morgan fingerprint density at radius 2 is 1.75 bits per heavy atom. The zero-order valence-electron chi connectivity index (χ0n) is 13.6. The molecule has 5 heteroatoms. The summed E-state index contributed by atoms with van der Waals surface area (Å²) in [6.07, 6.45) is 0.768. The van der Waals surface area contributed by atoms with E-state index in [0.29, 0.717) is 18.6 Å². The Bertz CT molecular complexity index is 668. The average molecular weight is 327 g/mol. The molecule has 2 rings (SSSR count). The Kier molecular flexibility index (Phi) is 6.37. The number of carboxylic acid groups (broad SMARTS) is 1. The van der Waals surface area contributed by atoms with Gasteiger partial charge in [0.15, 0.2) is 6.04 Å². The van der Waals surface area contributed by atoms with Gasteiger partial charge in [-0.3, -0.25) is 4.79 Å². The molecule has 0 spiro atoms. The van der Waals surface area contributed by atoms with Crippen LogP contribution in [0.4, 0.5) is 0 Å². The van der Waals surface area contributed by atoms with Crippen molar-refractivity contribution in [1.82, 2.24) is 5.32 Å². The molecule has 0 heterocycles. The van der Waals surface area contributed by atoms with Crippen LogP contribution in [-0.4, -0.2) is 23.6 Å². The van der Waals surface area contributed by atoms with Crippen molar-refractivity contribution in [3.63, 3.8) is 0 Å². The molecule has 24 heavy (non-hydrogen) atoms. The van der Waals surface area contributed by atoms with Crippen LogP contribution in [0.1, 0.15) is 30.5 Å². The molecule has 0 radical (unpaired) electrons. The van der Waals surface area contributed by atoms with E-state index in [1.807, 2.05) is 31.2 Å². The van der Waals surface area contributed by atoms with Gasteiger partial charge in [-0.2, -0.15) is 0 Å². The number of rotatable bonds is 8. The molecule has 1 atom stereocenters. The van der Waals surface area contributed by atoms with Crippen molar-refractivity contribution in [3.05, 3.63) is 65.7 Å². The van der Waals surface area contributed by atoms with Crippen molar-refractivity contribution in [2.24, 2.45) is 0 Å². The second kappa shape index (κ2) is 8.72. The lowest BCUT2D eigenvalue weighted by molar-refractivity contribution is -0.142. The third-order valence-corrected chi connectivity index (χ3v) is 3.56. The summed E-state index contributed by atoms with van der Waals surface area (Å²) >= 11 is 0. The number of aliphatic carboxylic acids is 1. The monoisotopic (exact) mass is 327 g/mol. The third-order valence-electron chi connectivity index (χ3n) is 3.56. The zero-order chi connectivity index (χ0) is 17.4. The summed E-state index contributed by atoms with van der Waals surface area (Å²) < 4.78 is 5.37. The Morgan fingerprint density at radius 1 is 1.08 bits per heavy atom. The normalized spacial score (nSPS) is 11.5. The fraction of sp³-hybridized carbons (Fsp3) is 0.263. The van der Waals surface area contributed by atoms with Crippen molar-refractivity contribution >= 4 is 11.9 Å². The van der Waals surface area contributed by atoms with Crippen LogP contribution in [0.25, 0.3) is 0 Å². The number of carbonyl (C=O) groups excluding carboxylic acids is 1. The number of carboxylic acids is 1. The maximum atomic E-state index is 12.1. The van der Waals surface area contributed by atoms with Crippen molar-refractivity contribution in [1.29, 1.82) is 0 Å². The first-order chi connectivity index (χ1) is 11.6. The fourth-order valence-electron chi connectivity index (χ4n) is 2.34. The Morgan fingerprint density at radius 3 is 2.33 bits per heavy atom. The predicted molar refractivity (Wildman–Crippen MR) is 90.9 cm³/mol. The lowest BCUT2D eigenvalue weighted by atomic mass is 10.1. The largest absolute Gasteiger partial charge is 0.494 e. The number of ether oxygens (including phenoxy) is 1. The lowest BCUT2D eigenvalue weighted by Gasteiger charge is -2.15. The quantitative estimate of drug-likeness (QED) is 0.781. The first-order valence-electron chi connectivity index (χ1n) is 7.89. The number of hydrogen-bond acceptors (Lipinski definition) is 3. The van der Waals surface area contributed by atoms with Crippen molar-refractivity contribution < 1.29 is 19.4 Å². The van der Waals surface area contributed by atoms with Crippen LogP contribution in [0.2, 0.25) is 0 Å². The summed E-state index contributed by atoms with van der Waals surface area (Å²) in [5.41, 5.74) is 1.56. The van der Waals surface area contributed by atoms with E-state index in [4.69, 9.17) is 4.74 Å². The van der Waals surface area contributed by atoms with E-state index in [0.717, 1.165) is 11.3 Å². The minimum Gasteiger partial charge on any atom is -0.494 e. The van der Waals surface area contributed by atoms with E-state index in [2.05, 4.69) is 5.32 Å². The van der Waals surface area contributed by atoms with Gasteiger partial charge < -0.3 is 15.2 Å². The van der Waals surface area contributed by atoms with Crippen LogP contribution in [0.15, 0.2) is 54.6 Å². The topological polar surface area (TPSA) is 75.6 Å². The highest BCUT2D eigenvalue weighted by atomic mass is 16.5. The van der Waals surface area contributed by atoms with E-state index in [-0.39, 0.29) is 12.3 Å². The highest BCUT2D eigenvalue weighted by Crippen LogP contribution is 2.15. The molecule has 0 fully saturated rings. The second-order valence-electron chi connectivity index (χ2n) is 5.33. The molecule has 0 aliphatic rings. The van der Waals surface area contributed by atoms with Crippen molar-refractivity contribution in [2.45, 2.75) is 25.8 Å². The molecule has 0 aromatic heterocycles. The standard InChI is InChI=1S/C19H21NO4/c1-2-24-16-11-8-14(9-12-16)10-13-17(21)20-18(19(22)23)15-6-4-3-5-7-15/h3-9,11-12,18H,2,10,13H2,1H3,(H,20,21)(H,22,23)/t18-/m1/s1. The molecule has 1 amide bonds. The lowest BCUT2D eigenvalue weighted by Crippen LogP contribution is -2.33. The molecule has 0 bridgehead atoms. The second-order valence-corrected chi connectivity index (χ2v) is 5.33. The van der Waals surface area contributed by atoms with E-state index >= 15 is 0 Å². The fourth-order valence-corrected chi connectivity index (χ4v) is 2.34. The van der Waals surface area contributed by atoms with Gasteiger partial charge in [-0.05, 0) is 36.6 Å². The maximum Gasteiger partial charge on any atom is 0.330 e. The minimum absolute atomic E-state index is 0.227. The molecular weight excluding hydrogens is 306 g/mol. The van der Waals surface area contributed by atoms with Gasteiger partial charge in [0.1, 0.15) is 5.75 Å². The number of amides is 1. The van der Waals surface area contributed by atoms with Crippen molar-refractivity contribution in [3.8, 4) is 5.75 Å². The minimum atomic E-state index is -1.07. The van der Waals surface area contributed by atoms with Crippen LogP contribution in [-0.2, 0) is 16.0 Å². The first kappa shape index (κ1) is 17.5. The smallest absolute Gasteiger partial charge is 0.330 e. The number of hydrogen-bond donors (Lipinski definition) is 2. The number of benzene rings is 2. The van der Waals surface area contributed by atoms with Gasteiger partial charge in [-0.1, -0.05) is 42.5 Å². The Labute approximate surface area is 141 Å². The summed E-state index contributed by atoms with van der Waals surface area (Å²) in [7, 11) is 0. The van der Waals surface area contributed by atoms with Gasteiger partial charge in [-0.15, -0.1) is 0 Å². The van der Waals surface area contributed by atoms with Crippen LogP contribution in [0.3, 0.4) is 0 Å². The first-order valence-corrected chi connectivity index (χ1v) is 7.89. The van der Waals surface area contributed by atoms with Crippen molar-refractivity contribution in [2.75, 3.05) is 6.61 Å². The van der Waals surface area contributed by atoms with Gasteiger partial charge in [0.25, 0.3) is 0 Å². The molecule has 0 saturated heterocycles. The molecule has 0 unspecified atom stereocenters. The van der Waals surface area contributed by atoms with Crippen LogP contribution < -0.4 is 10.1 Å². The predicted octanol–water partition coefficient (Wildman–Crippen LogP) is 2.96. The molecule has 2 aromatic carbocycles. The Balaban J connectivity index is 1.90. The molecule has 5 nitrogen and oxygen atoms in total. The molecular formula is C19H21NO4. The van der Waals surface area contributed by atoms with Gasteiger partial charge in [0.05, 0.1) is 6.61 Å². The zero-order valence-corrected chi connectivity index (χ0v) is 13.6. The maximum absolute atomic E-state index is 12.1. The van der Waals surface area contributed by atoms with E-state index in [9.17, 15) is 14.7 Å². The molecule has 2 N–H and O–H groups in total. The summed E-state index contributed by atoms with van der Waals surface area (Å²) in [5, 5.41) is 11.9. The molecule has 126 valence electrons. The highest BCUT2D eigenvalue weighted by Gasteiger charge is 2.21. The number of carbonyl (C=O) groups is 2. The molecule has 0 aliphatic carbocycles. The molecule has 0 aliphatic heterocycles. The summed E-state index contributed by atoms with van der Waals surface area (Å²) in [5.74, 6) is -0.573. The van der Waals surface area contributed by atoms with Gasteiger partial charge in [0, 0.05) is 6.42 Å². The summed E-state index contributed by atoms with van der Waals surface area (Å²) in [4.78, 5) is 23.5. The van der Waals surface area contributed by atoms with Gasteiger partial charge in [0.2, 0.25) is 5.91 Å². The summed E-state index contributed by atoms with van der Waals surface area (Å²) in [6.45, 7) is 2.53. The van der Waals surface area contributed by atoms with E-state index in [1.54, 1.807) is 30.3 Å². The number of aryl methyl sites for hydroxylation is 1. The van der Waals surface area contributed by atoms with Crippen LogP contribution in [0.5, 0.6) is 5.75 Å². The SMILES string of the molecule is CCOc1ccc(CCC(=O)N[C@@H](C(=O)O)c2ccccc2)cc1. The van der Waals surface area contributed by atoms with E-state index < -0.39 is 12.0 Å². The molecule has 0 saturated carbocycles. The van der Waals surface area contributed by atoms with Crippen LogP contribution >= 0.6 is 0 Å². The highest BCUT2D eigenvalue weighted by molar-refractivity contribution is 5.84. The Hall–Kier alpha value is -2.82.